The predicted molar refractivity (Wildman–Crippen MR) is 123 cm³/mol. The molecule has 0 saturated heterocycles. The number of imide groups is 1. The first-order valence-corrected chi connectivity index (χ1v) is 10.9. The van der Waals surface area contributed by atoms with Gasteiger partial charge in [-0.1, -0.05) is 24.3 Å². The molecule has 3 aromatic rings. The molecule has 3 amide bonds. The summed E-state index contributed by atoms with van der Waals surface area (Å²) in [6.45, 7) is 1.19. The number of carbonyl (C=O) groups is 4. The van der Waals surface area contributed by atoms with E-state index in [1.54, 1.807) is 25.1 Å². The number of thiophene rings is 1. The average Bonchev–Trinajstić information content (AvgIpc) is 3.35. The highest BCUT2D eigenvalue weighted by molar-refractivity contribution is 7.18. The number of hydrogen-bond acceptors (Lipinski definition) is 8. The highest BCUT2D eigenvalue weighted by atomic mass is 32.1. The quantitative estimate of drug-likeness (QED) is 0.236. The SMILES string of the molecule is CCOC(=O)c1sc(-c2cccc([N+](=O)[O-])c2)cc1NC(=O)CN1C(=O)c2ccccc2C1=O. The lowest BCUT2D eigenvalue weighted by Crippen LogP contribution is -2.37. The van der Waals surface area contributed by atoms with Crippen LogP contribution in [0, 0.1) is 10.1 Å². The minimum atomic E-state index is -0.691. The van der Waals surface area contributed by atoms with Crippen LogP contribution in [0.2, 0.25) is 0 Å². The molecule has 0 aliphatic carbocycles. The number of fused-ring (bicyclic) bond motifs is 1. The topological polar surface area (TPSA) is 136 Å². The van der Waals surface area contributed by atoms with E-state index in [1.165, 1.54) is 36.4 Å². The molecule has 2 aromatic carbocycles. The number of non-ortho nitro benzene ring substituents is 1. The standard InChI is InChI=1S/C23H17N3O7S/c1-2-33-23(30)20-17(11-18(34-20)13-6-5-7-14(10-13)26(31)32)24-19(27)12-25-21(28)15-8-3-4-9-16(15)22(25)29/h3-11H,2,12H2,1H3,(H,24,27). The first-order chi connectivity index (χ1) is 16.3. The molecule has 1 aromatic heterocycles. The van der Waals surface area contributed by atoms with Crippen LogP contribution in [-0.4, -0.2) is 46.7 Å². The van der Waals surface area contributed by atoms with Gasteiger partial charge in [0.15, 0.2) is 0 Å². The van der Waals surface area contributed by atoms with E-state index in [2.05, 4.69) is 5.32 Å². The number of esters is 1. The lowest BCUT2D eigenvalue weighted by molar-refractivity contribution is -0.384. The van der Waals surface area contributed by atoms with Crippen LogP contribution in [0.25, 0.3) is 10.4 Å². The van der Waals surface area contributed by atoms with Crippen molar-refractivity contribution in [2.45, 2.75) is 6.92 Å². The number of anilines is 1. The molecular weight excluding hydrogens is 462 g/mol. The van der Waals surface area contributed by atoms with Gasteiger partial charge in [-0.2, -0.15) is 0 Å². The van der Waals surface area contributed by atoms with E-state index in [0.717, 1.165) is 16.2 Å². The molecular formula is C23H17N3O7S. The summed E-state index contributed by atoms with van der Waals surface area (Å²) in [6.07, 6.45) is 0. The van der Waals surface area contributed by atoms with Crippen LogP contribution in [0.1, 0.15) is 37.3 Å². The van der Waals surface area contributed by atoms with E-state index in [4.69, 9.17) is 4.74 Å². The maximum atomic E-state index is 12.7. The van der Waals surface area contributed by atoms with Crippen molar-refractivity contribution in [1.82, 2.24) is 4.90 Å². The van der Waals surface area contributed by atoms with E-state index < -0.39 is 35.2 Å². The second kappa shape index (κ2) is 9.24. The van der Waals surface area contributed by atoms with Gasteiger partial charge in [0.25, 0.3) is 17.5 Å². The van der Waals surface area contributed by atoms with Gasteiger partial charge in [-0.3, -0.25) is 29.4 Å². The molecule has 1 aliphatic heterocycles. The molecule has 1 N–H and O–H groups in total. The molecule has 10 nitrogen and oxygen atoms in total. The molecule has 0 spiro atoms. The normalized spacial score (nSPS) is 12.4. The number of amides is 3. The van der Waals surface area contributed by atoms with Crippen molar-refractivity contribution in [1.29, 1.82) is 0 Å². The number of nitrogens with one attached hydrogen (secondary N) is 1. The summed E-state index contributed by atoms with van der Waals surface area (Å²) in [5.74, 6) is -2.53. The van der Waals surface area contributed by atoms with Gasteiger partial charge in [-0.15, -0.1) is 11.3 Å². The molecule has 0 saturated carbocycles. The minimum Gasteiger partial charge on any atom is -0.462 e. The summed E-state index contributed by atoms with van der Waals surface area (Å²) in [6, 6.07) is 13.6. The monoisotopic (exact) mass is 479 g/mol. The molecule has 0 atom stereocenters. The van der Waals surface area contributed by atoms with Gasteiger partial charge in [0.1, 0.15) is 11.4 Å². The van der Waals surface area contributed by atoms with Crippen LogP contribution in [-0.2, 0) is 9.53 Å². The van der Waals surface area contributed by atoms with Gasteiger partial charge in [0.05, 0.1) is 28.3 Å². The smallest absolute Gasteiger partial charge is 0.350 e. The Kier molecular flexibility index (Phi) is 6.19. The van der Waals surface area contributed by atoms with Gasteiger partial charge in [0.2, 0.25) is 5.91 Å². The van der Waals surface area contributed by atoms with Crippen molar-refractivity contribution in [3.63, 3.8) is 0 Å². The largest absolute Gasteiger partial charge is 0.462 e. The van der Waals surface area contributed by atoms with Crippen LogP contribution in [0.3, 0.4) is 0 Å². The molecule has 0 radical (unpaired) electrons. The van der Waals surface area contributed by atoms with Crippen LogP contribution in [0.15, 0.2) is 54.6 Å². The van der Waals surface area contributed by atoms with Gasteiger partial charge in [-0.05, 0) is 30.7 Å². The summed E-state index contributed by atoms with van der Waals surface area (Å²) >= 11 is 0.997. The van der Waals surface area contributed by atoms with Gasteiger partial charge < -0.3 is 10.1 Å². The summed E-state index contributed by atoms with van der Waals surface area (Å²) in [5, 5.41) is 13.7. The van der Waals surface area contributed by atoms with E-state index in [0.29, 0.717) is 10.4 Å². The van der Waals surface area contributed by atoms with E-state index in [-0.39, 0.29) is 34.0 Å². The fraction of sp³-hybridized carbons (Fsp3) is 0.130. The summed E-state index contributed by atoms with van der Waals surface area (Å²) in [7, 11) is 0. The van der Waals surface area contributed by atoms with Crippen molar-refractivity contribution < 1.29 is 28.8 Å². The van der Waals surface area contributed by atoms with Crippen molar-refractivity contribution in [2.24, 2.45) is 0 Å². The number of nitro groups is 1. The molecule has 172 valence electrons. The Hall–Kier alpha value is -4.38. The number of carbonyl (C=O) groups excluding carboxylic acids is 4. The fourth-order valence-corrected chi connectivity index (χ4v) is 4.47. The number of benzene rings is 2. The number of rotatable bonds is 7. The van der Waals surface area contributed by atoms with Crippen molar-refractivity contribution >= 4 is 46.4 Å². The number of nitrogens with zero attached hydrogens (tertiary/aromatic N) is 2. The third-order valence-electron chi connectivity index (χ3n) is 4.99. The first kappa shape index (κ1) is 22.8. The second-order valence-corrected chi connectivity index (χ2v) is 8.22. The second-order valence-electron chi connectivity index (χ2n) is 7.17. The van der Waals surface area contributed by atoms with Crippen molar-refractivity contribution in [2.75, 3.05) is 18.5 Å². The molecule has 34 heavy (non-hydrogen) atoms. The Labute approximate surface area is 196 Å². The Morgan fingerprint density at radius 2 is 1.74 bits per heavy atom. The Morgan fingerprint density at radius 3 is 2.35 bits per heavy atom. The predicted octanol–water partition coefficient (Wildman–Crippen LogP) is 3.73. The lowest BCUT2D eigenvalue weighted by Gasteiger charge is -2.13. The molecule has 11 heteroatoms. The fourth-order valence-electron chi connectivity index (χ4n) is 3.46. The summed E-state index contributed by atoms with van der Waals surface area (Å²) in [4.78, 5) is 62.3. The van der Waals surface area contributed by atoms with E-state index in [9.17, 15) is 29.3 Å². The maximum Gasteiger partial charge on any atom is 0.350 e. The first-order valence-electron chi connectivity index (χ1n) is 10.1. The Morgan fingerprint density at radius 1 is 1.06 bits per heavy atom. The van der Waals surface area contributed by atoms with Gasteiger partial charge >= 0.3 is 5.97 Å². The highest BCUT2D eigenvalue weighted by Crippen LogP contribution is 2.36. The van der Waals surface area contributed by atoms with Gasteiger partial charge in [-0.25, -0.2) is 4.79 Å². The molecule has 0 fully saturated rings. The summed E-state index contributed by atoms with van der Waals surface area (Å²) < 4.78 is 5.06. The zero-order chi connectivity index (χ0) is 24.4. The van der Waals surface area contributed by atoms with Crippen LogP contribution < -0.4 is 5.32 Å². The zero-order valence-corrected chi connectivity index (χ0v) is 18.6. The minimum absolute atomic E-state index is 0.0825. The Balaban J connectivity index is 1.59. The maximum absolute atomic E-state index is 12.7. The number of ether oxygens (including phenoxy) is 1. The molecule has 2 heterocycles. The highest BCUT2D eigenvalue weighted by Gasteiger charge is 2.36. The van der Waals surface area contributed by atoms with E-state index in [1.807, 2.05) is 0 Å². The number of hydrogen-bond donors (Lipinski definition) is 1. The molecule has 0 bridgehead atoms. The third kappa shape index (κ3) is 4.28. The van der Waals surface area contributed by atoms with Crippen molar-refractivity contribution in [3.05, 3.63) is 80.7 Å². The van der Waals surface area contributed by atoms with E-state index >= 15 is 0 Å². The summed E-state index contributed by atoms with van der Waals surface area (Å²) in [5.41, 5.74) is 0.906. The number of nitro benzene ring substituents is 1. The van der Waals surface area contributed by atoms with Gasteiger partial charge in [0, 0.05) is 17.0 Å². The van der Waals surface area contributed by atoms with Crippen LogP contribution in [0.4, 0.5) is 11.4 Å². The lowest BCUT2D eigenvalue weighted by atomic mass is 10.1. The van der Waals surface area contributed by atoms with Crippen LogP contribution in [0.5, 0.6) is 0 Å². The molecule has 1 aliphatic rings. The zero-order valence-electron chi connectivity index (χ0n) is 17.8. The Bertz CT molecular complexity index is 1310. The van der Waals surface area contributed by atoms with Crippen LogP contribution >= 0.6 is 11.3 Å². The third-order valence-corrected chi connectivity index (χ3v) is 6.15. The molecule has 0 unspecified atom stereocenters. The molecule has 4 rings (SSSR count). The van der Waals surface area contributed by atoms with Crippen molar-refractivity contribution in [3.8, 4) is 10.4 Å². The average molecular weight is 479 g/mol.